The number of halogens is 1. The Bertz CT molecular complexity index is 1010. The number of hydrogen-bond donors (Lipinski definition) is 1. The van der Waals surface area contributed by atoms with E-state index in [2.05, 4.69) is 5.32 Å². The number of hydrogen-bond acceptors (Lipinski definition) is 4. The molecule has 146 valence electrons. The van der Waals surface area contributed by atoms with Crippen molar-refractivity contribution >= 4 is 35.2 Å². The second kappa shape index (κ2) is 9.57. The Kier molecular flexibility index (Phi) is 6.66. The smallest absolute Gasteiger partial charge is 0.336 e. The quantitative estimate of drug-likeness (QED) is 0.345. The number of methoxy groups -OCH3 is 1. The zero-order valence-electron chi connectivity index (χ0n) is 15.6. The zero-order chi connectivity index (χ0) is 20.6. The maximum Gasteiger partial charge on any atom is 0.336 e. The Hall–Kier alpha value is -3.57. The van der Waals surface area contributed by atoms with E-state index in [9.17, 15) is 9.59 Å². The van der Waals surface area contributed by atoms with Crippen LogP contribution in [0.25, 0.3) is 6.08 Å². The van der Waals surface area contributed by atoms with E-state index in [0.717, 1.165) is 11.3 Å². The molecule has 6 heteroatoms. The average molecular weight is 408 g/mol. The third-order valence-electron chi connectivity index (χ3n) is 3.96. The highest BCUT2D eigenvalue weighted by Gasteiger charge is 2.07. The number of carbonyl (C=O) groups is 2. The molecule has 3 aromatic rings. The van der Waals surface area contributed by atoms with Gasteiger partial charge in [0.15, 0.2) is 0 Å². The van der Waals surface area contributed by atoms with Crippen molar-refractivity contribution in [1.82, 2.24) is 0 Å². The van der Waals surface area contributed by atoms with Crippen molar-refractivity contribution in [3.8, 4) is 11.5 Å². The summed E-state index contributed by atoms with van der Waals surface area (Å²) in [7, 11) is 1.59. The molecule has 0 aromatic heterocycles. The fourth-order valence-electron chi connectivity index (χ4n) is 2.44. The third kappa shape index (κ3) is 5.96. The highest BCUT2D eigenvalue weighted by Crippen LogP contribution is 2.17. The average Bonchev–Trinajstić information content (AvgIpc) is 2.75. The summed E-state index contributed by atoms with van der Waals surface area (Å²) in [5, 5.41) is 3.36. The molecule has 0 unspecified atom stereocenters. The van der Waals surface area contributed by atoms with Gasteiger partial charge in [-0.3, -0.25) is 4.79 Å². The predicted molar refractivity (Wildman–Crippen MR) is 114 cm³/mol. The highest BCUT2D eigenvalue weighted by molar-refractivity contribution is 6.30. The van der Waals surface area contributed by atoms with Gasteiger partial charge < -0.3 is 14.8 Å². The number of benzene rings is 3. The van der Waals surface area contributed by atoms with Crippen molar-refractivity contribution in [1.29, 1.82) is 0 Å². The van der Waals surface area contributed by atoms with E-state index in [0.29, 0.717) is 22.0 Å². The molecule has 1 amide bonds. The van der Waals surface area contributed by atoms with Gasteiger partial charge in [-0.15, -0.1) is 0 Å². The lowest BCUT2D eigenvalue weighted by molar-refractivity contribution is -0.128. The lowest BCUT2D eigenvalue weighted by Gasteiger charge is -2.06. The molecule has 5 nitrogen and oxygen atoms in total. The molecule has 3 aromatic carbocycles. The first-order valence-electron chi connectivity index (χ1n) is 8.74. The minimum absolute atomic E-state index is 0.274. The monoisotopic (exact) mass is 407 g/mol. The van der Waals surface area contributed by atoms with Crippen LogP contribution in [-0.4, -0.2) is 19.0 Å². The molecule has 0 heterocycles. The van der Waals surface area contributed by atoms with Crippen LogP contribution in [-0.2, 0) is 4.79 Å². The summed E-state index contributed by atoms with van der Waals surface area (Å²) >= 11 is 5.83. The summed E-state index contributed by atoms with van der Waals surface area (Å²) in [6, 6.07) is 20.4. The first kappa shape index (κ1) is 20.2. The summed E-state index contributed by atoms with van der Waals surface area (Å²) in [4.78, 5) is 24.2. The number of amides is 1. The van der Waals surface area contributed by atoms with E-state index < -0.39 is 5.97 Å². The highest BCUT2D eigenvalue weighted by atomic mass is 35.5. The molecule has 0 aliphatic carbocycles. The van der Waals surface area contributed by atoms with E-state index in [1.807, 2.05) is 12.1 Å². The van der Waals surface area contributed by atoms with Crippen LogP contribution in [0.2, 0.25) is 5.02 Å². The van der Waals surface area contributed by atoms with Gasteiger partial charge in [0.05, 0.1) is 7.11 Å². The maximum atomic E-state index is 12.3. The van der Waals surface area contributed by atoms with Gasteiger partial charge >= 0.3 is 5.97 Å². The Balaban J connectivity index is 1.56. The van der Waals surface area contributed by atoms with Gasteiger partial charge in [-0.2, -0.15) is 0 Å². The van der Waals surface area contributed by atoms with Crippen LogP contribution in [0.4, 0.5) is 5.69 Å². The Morgan fingerprint density at radius 3 is 2.10 bits per heavy atom. The van der Waals surface area contributed by atoms with Crippen LogP contribution in [0.5, 0.6) is 11.5 Å². The first-order valence-corrected chi connectivity index (χ1v) is 9.12. The fourth-order valence-corrected chi connectivity index (χ4v) is 2.57. The number of anilines is 1. The number of rotatable bonds is 6. The topological polar surface area (TPSA) is 64.6 Å². The molecule has 0 aliphatic rings. The van der Waals surface area contributed by atoms with Gasteiger partial charge in [-0.25, -0.2) is 4.79 Å². The van der Waals surface area contributed by atoms with Crippen LogP contribution in [0, 0.1) is 0 Å². The van der Waals surface area contributed by atoms with Crippen molar-refractivity contribution in [2.75, 3.05) is 12.4 Å². The molecule has 29 heavy (non-hydrogen) atoms. The minimum atomic E-state index is -0.515. The summed E-state index contributed by atoms with van der Waals surface area (Å²) in [5.41, 5.74) is 1.92. The van der Waals surface area contributed by atoms with Crippen LogP contribution in [0.1, 0.15) is 15.9 Å². The predicted octanol–water partition coefficient (Wildman–Crippen LogP) is 5.22. The van der Waals surface area contributed by atoms with E-state index >= 15 is 0 Å². The molecule has 0 spiro atoms. The summed E-state index contributed by atoms with van der Waals surface area (Å²) in [5.74, 6) is 0.297. The molecule has 0 saturated heterocycles. The Morgan fingerprint density at radius 1 is 0.862 bits per heavy atom. The molecule has 0 atom stereocenters. The normalized spacial score (nSPS) is 10.6. The summed E-state index contributed by atoms with van der Waals surface area (Å²) in [6.45, 7) is 0. The number of nitrogens with one attached hydrogen (secondary N) is 1. The lowest BCUT2D eigenvalue weighted by atomic mass is 10.2. The van der Waals surface area contributed by atoms with Gasteiger partial charge in [0.25, 0.3) is 5.91 Å². The van der Waals surface area contributed by atoms with Crippen LogP contribution < -0.4 is 14.8 Å². The van der Waals surface area contributed by atoms with E-state index in [1.165, 1.54) is 6.08 Å². The first-order chi connectivity index (χ1) is 14.0. The van der Waals surface area contributed by atoms with Gasteiger partial charge in [-0.1, -0.05) is 23.7 Å². The number of ether oxygens (including phenoxy) is 2. The van der Waals surface area contributed by atoms with E-state index in [4.69, 9.17) is 21.1 Å². The van der Waals surface area contributed by atoms with Crippen LogP contribution >= 0.6 is 11.6 Å². The van der Waals surface area contributed by atoms with Crippen molar-refractivity contribution in [3.05, 3.63) is 95.0 Å². The van der Waals surface area contributed by atoms with Gasteiger partial charge in [0.1, 0.15) is 11.5 Å². The van der Waals surface area contributed by atoms with Gasteiger partial charge in [0.2, 0.25) is 0 Å². The van der Waals surface area contributed by atoms with Crippen molar-refractivity contribution in [3.63, 3.8) is 0 Å². The molecular formula is C23H18ClNO4. The molecule has 1 N–H and O–H groups in total. The van der Waals surface area contributed by atoms with Gasteiger partial charge in [-0.05, 0) is 72.3 Å². The van der Waals surface area contributed by atoms with Crippen molar-refractivity contribution in [2.24, 2.45) is 0 Å². The Morgan fingerprint density at radius 2 is 1.48 bits per heavy atom. The maximum absolute atomic E-state index is 12.3. The van der Waals surface area contributed by atoms with Crippen LogP contribution in [0.15, 0.2) is 78.9 Å². The van der Waals surface area contributed by atoms with Crippen molar-refractivity contribution in [2.45, 2.75) is 0 Å². The molecule has 3 rings (SSSR count). The third-order valence-corrected chi connectivity index (χ3v) is 4.22. The molecule has 0 aliphatic heterocycles. The van der Waals surface area contributed by atoms with E-state index in [-0.39, 0.29) is 5.91 Å². The minimum Gasteiger partial charge on any atom is -0.497 e. The molecular weight excluding hydrogens is 390 g/mol. The van der Waals surface area contributed by atoms with Gasteiger partial charge in [0, 0.05) is 22.3 Å². The largest absolute Gasteiger partial charge is 0.497 e. The summed E-state index contributed by atoms with van der Waals surface area (Å²) < 4.78 is 10.3. The SMILES string of the molecule is COc1ccc(/C=C/C(=O)Oc2ccc(C(=O)Nc3ccc(Cl)cc3)cc2)cc1. The molecule has 0 bridgehead atoms. The number of esters is 1. The second-order valence-electron chi connectivity index (χ2n) is 6.01. The second-order valence-corrected chi connectivity index (χ2v) is 6.45. The van der Waals surface area contributed by atoms with E-state index in [1.54, 1.807) is 73.8 Å². The van der Waals surface area contributed by atoms with Crippen molar-refractivity contribution < 1.29 is 19.1 Å². The van der Waals surface area contributed by atoms with Crippen LogP contribution in [0.3, 0.4) is 0 Å². The molecule has 0 saturated carbocycles. The lowest BCUT2D eigenvalue weighted by Crippen LogP contribution is -2.11. The molecule has 0 radical (unpaired) electrons. The number of carbonyl (C=O) groups excluding carboxylic acids is 2. The Labute approximate surface area is 173 Å². The molecule has 0 fully saturated rings. The fraction of sp³-hybridized carbons (Fsp3) is 0.0435. The standard InChI is InChI=1S/C23H18ClNO4/c1-28-20-11-2-16(3-12-20)4-15-22(26)29-21-13-5-17(6-14-21)23(27)25-19-9-7-18(24)8-10-19/h2-15H,1H3,(H,25,27)/b15-4+. The zero-order valence-corrected chi connectivity index (χ0v) is 16.3. The summed E-state index contributed by atoms with van der Waals surface area (Å²) in [6.07, 6.45) is 2.98.